The minimum atomic E-state index is -3.46. The van der Waals surface area contributed by atoms with Crippen LogP contribution in [0.4, 0.5) is 0 Å². The number of esters is 1. The number of benzene rings is 1. The minimum Gasteiger partial charge on any atom is -0.452 e. The maximum atomic E-state index is 12.1. The Morgan fingerprint density at radius 3 is 2.40 bits per heavy atom. The number of hydrogen-bond donors (Lipinski definition) is 2. The molecule has 0 aliphatic heterocycles. The second-order valence-corrected chi connectivity index (χ2v) is 7.47. The van der Waals surface area contributed by atoms with E-state index in [1.165, 1.54) is 18.2 Å². The van der Waals surface area contributed by atoms with Crippen LogP contribution in [0, 0.1) is 6.92 Å². The van der Waals surface area contributed by atoms with Crippen LogP contribution in [0.2, 0.25) is 0 Å². The Labute approximate surface area is 146 Å². The second-order valence-electron chi connectivity index (χ2n) is 5.45. The molecular formula is C16H22N2O6S. The summed E-state index contributed by atoms with van der Waals surface area (Å²) in [4.78, 5) is 35.0. The van der Waals surface area contributed by atoms with Crippen molar-refractivity contribution in [1.29, 1.82) is 0 Å². The van der Waals surface area contributed by atoms with Crippen molar-refractivity contribution >= 4 is 27.6 Å². The van der Waals surface area contributed by atoms with Crippen molar-refractivity contribution in [2.24, 2.45) is 0 Å². The van der Waals surface area contributed by atoms with Crippen LogP contribution < -0.4 is 10.6 Å². The quantitative estimate of drug-likeness (QED) is 0.631. The Balaban J connectivity index is 2.60. The van der Waals surface area contributed by atoms with Crippen LogP contribution in [0.1, 0.15) is 29.3 Å². The zero-order chi connectivity index (χ0) is 19.0. The molecule has 0 spiro atoms. The smallest absolute Gasteiger partial charge is 0.338 e. The number of aryl methyl sites for hydroxylation is 1. The molecule has 138 valence electrons. The van der Waals surface area contributed by atoms with Crippen molar-refractivity contribution in [2.45, 2.75) is 25.2 Å². The van der Waals surface area contributed by atoms with E-state index in [-0.39, 0.29) is 22.9 Å². The van der Waals surface area contributed by atoms with Gasteiger partial charge in [0.15, 0.2) is 16.4 Å². The largest absolute Gasteiger partial charge is 0.452 e. The van der Waals surface area contributed by atoms with E-state index in [0.717, 1.165) is 12.7 Å². The Morgan fingerprint density at radius 2 is 1.80 bits per heavy atom. The van der Waals surface area contributed by atoms with Crippen molar-refractivity contribution in [3.8, 4) is 0 Å². The number of hydrogen-bond acceptors (Lipinski definition) is 6. The molecule has 0 fully saturated rings. The fraction of sp³-hybridized carbons (Fsp3) is 0.438. The van der Waals surface area contributed by atoms with E-state index in [1.54, 1.807) is 6.92 Å². The number of ether oxygens (including phenoxy) is 1. The van der Waals surface area contributed by atoms with E-state index >= 15 is 0 Å². The molecule has 0 aromatic heterocycles. The Kier molecular flexibility index (Phi) is 7.56. The molecule has 25 heavy (non-hydrogen) atoms. The third kappa shape index (κ3) is 6.92. The monoisotopic (exact) mass is 370 g/mol. The maximum absolute atomic E-state index is 12.1. The highest BCUT2D eigenvalue weighted by Gasteiger charge is 2.17. The van der Waals surface area contributed by atoms with Gasteiger partial charge in [-0.05, 0) is 31.0 Å². The molecule has 0 saturated carbocycles. The normalized spacial score (nSPS) is 10.8. The molecule has 0 bridgehead atoms. The van der Waals surface area contributed by atoms with Crippen molar-refractivity contribution < 1.29 is 27.5 Å². The third-order valence-electron chi connectivity index (χ3n) is 3.21. The van der Waals surface area contributed by atoms with Gasteiger partial charge in [0.05, 0.1) is 17.0 Å². The standard InChI is InChI=1S/C16H22N2O6S/c1-4-7-17-14(19)9-18-15(20)10-24-16(21)13-8-12(25(3,22)23)6-5-11(13)2/h5-6,8H,4,7,9-10H2,1-3H3,(H,17,19)(H,18,20). The highest BCUT2D eigenvalue weighted by molar-refractivity contribution is 7.90. The molecule has 8 nitrogen and oxygen atoms in total. The molecule has 2 N–H and O–H groups in total. The first-order valence-electron chi connectivity index (χ1n) is 7.66. The van der Waals surface area contributed by atoms with E-state index in [0.29, 0.717) is 12.1 Å². The van der Waals surface area contributed by atoms with Gasteiger partial charge in [-0.3, -0.25) is 9.59 Å². The zero-order valence-corrected chi connectivity index (χ0v) is 15.2. The highest BCUT2D eigenvalue weighted by Crippen LogP contribution is 2.16. The molecule has 0 radical (unpaired) electrons. The molecule has 0 unspecified atom stereocenters. The lowest BCUT2D eigenvalue weighted by Crippen LogP contribution is -2.38. The van der Waals surface area contributed by atoms with Gasteiger partial charge in [0.1, 0.15) is 0 Å². The average molecular weight is 370 g/mol. The zero-order valence-electron chi connectivity index (χ0n) is 14.4. The van der Waals surface area contributed by atoms with Gasteiger partial charge in [-0.25, -0.2) is 13.2 Å². The predicted octanol–water partition coefficient (Wildman–Crippen LogP) is 0.198. The number of sulfone groups is 1. The molecule has 0 heterocycles. The van der Waals surface area contributed by atoms with E-state index in [9.17, 15) is 22.8 Å². The molecule has 2 amide bonds. The molecule has 9 heteroatoms. The van der Waals surface area contributed by atoms with Crippen LogP contribution in [-0.2, 0) is 24.2 Å². The summed E-state index contributed by atoms with van der Waals surface area (Å²) in [5.41, 5.74) is 0.591. The van der Waals surface area contributed by atoms with Crippen molar-refractivity contribution in [2.75, 3.05) is 26.0 Å². The Hall–Kier alpha value is -2.42. The first kappa shape index (κ1) is 20.6. The van der Waals surface area contributed by atoms with E-state index < -0.39 is 28.3 Å². The van der Waals surface area contributed by atoms with Gasteiger partial charge in [-0.15, -0.1) is 0 Å². The van der Waals surface area contributed by atoms with Gasteiger partial charge >= 0.3 is 5.97 Å². The van der Waals surface area contributed by atoms with Crippen LogP contribution in [0.3, 0.4) is 0 Å². The number of nitrogens with one attached hydrogen (secondary N) is 2. The van der Waals surface area contributed by atoms with Crippen LogP contribution in [0.15, 0.2) is 23.1 Å². The highest BCUT2D eigenvalue weighted by atomic mass is 32.2. The summed E-state index contributed by atoms with van der Waals surface area (Å²) in [6, 6.07) is 4.09. The predicted molar refractivity (Wildman–Crippen MR) is 90.9 cm³/mol. The van der Waals surface area contributed by atoms with Crippen LogP contribution in [0.5, 0.6) is 0 Å². The maximum Gasteiger partial charge on any atom is 0.338 e. The topological polar surface area (TPSA) is 119 Å². The molecular weight excluding hydrogens is 348 g/mol. The lowest BCUT2D eigenvalue weighted by atomic mass is 10.1. The fourth-order valence-electron chi connectivity index (χ4n) is 1.82. The SMILES string of the molecule is CCCNC(=O)CNC(=O)COC(=O)c1cc(S(C)(=O)=O)ccc1C. The fourth-order valence-corrected chi connectivity index (χ4v) is 2.46. The van der Waals surface area contributed by atoms with E-state index in [2.05, 4.69) is 10.6 Å². The Morgan fingerprint density at radius 1 is 1.12 bits per heavy atom. The molecule has 0 saturated heterocycles. The molecule has 1 aromatic rings. The number of carbonyl (C=O) groups is 3. The van der Waals surface area contributed by atoms with E-state index in [4.69, 9.17) is 4.74 Å². The first-order chi connectivity index (χ1) is 11.6. The average Bonchev–Trinajstić information content (AvgIpc) is 2.55. The lowest BCUT2D eigenvalue weighted by Gasteiger charge is -2.09. The summed E-state index contributed by atoms with van der Waals surface area (Å²) in [7, 11) is -3.46. The van der Waals surface area contributed by atoms with Gasteiger partial charge in [0, 0.05) is 12.8 Å². The molecule has 0 aliphatic rings. The van der Waals surface area contributed by atoms with Crippen LogP contribution in [-0.4, -0.2) is 52.2 Å². The van der Waals surface area contributed by atoms with Gasteiger partial charge in [0.25, 0.3) is 5.91 Å². The summed E-state index contributed by atoms with van der Waals surface area (Å²) in [5, 5.41) is 4.91. The van der Waals surface area contributed by atoms with Crippen LogP contribution >= 0.6 is 0 Å². The van der Waals surface area contributed by atoms with Gasteiger partial charge in [-0.2, -0.15) is 0 Å². The lowest BCUT2D eigenvalue weighted by molar-refractivity contribution is -0.127. The van der Waals surface area contributed by atoms with Crippen molar-refractivity contribution in [3.63, 3.8) is 0 Å². The van der Waals surface area contributed by atoms with Crippen LogP contribution in [0.25, 0.3) is 0 Å². The van der Waals surface area contributed by atoms with Crippen molar-refractivity contribution in [3.05, 3.63) is 29.3 Å². The van der Waals surface area contributed by atoms with Gasteiger partial charge < -0.3 is 15.4 Å². The molecule has 0 atom stereocenters. The molecule has 1 rings (SSSR count). The Bertz CT molecular complexity index is 758. The van der Waals surface area contributed by atoms with Crippen molar-refractivity contribution in [1.82, 2.24) is 10.6 Å². The molecule has 1 aromatic carbocycles. The number of rotatable bonds is 8. The summed E-state index contributed by atoms with van der Waals surface area (Å²) in [6.45, 7) is 3.26. The summed E-state index contributed by atoms with van der Waals surface area (Å²) >= 11 is 0. The minimum absolute atomic E-state index is 0.0119. The number of carbonyl (C=O) groups excluding carboxylic acids is 3. The molecule has 0 aliphatic carbocycles. The number of amides is 2. The summed E-state index contributed by atoms with van der Waals surface area (Å²) in [5.74, 6) is -1.77. The van der Waals surface area contributed by atoms with Gasteiger partial charge in [-0.1, -0.05) is 13.0 Å². The summed E-state index contributed by atoms with van der Waals surface area (Å²) in [6.07, 6.45) is 1.81. The second kappa shape index (κ2) is 9.16. The van der Waals surface area contributed by atoms with E-state index in [1.807, 2.05) is 6.92 Å². The third-order valence-corrected chi connectivity index (χ3v) is 4.32. The first-order valence-corrected chi connectivity index (χ1v) is 9.55. The summed E-state index contributed by atoms with van der Waals surface area (Å²) < 4.78 is 28.0. The van der Waals surface area contributed by atoms with Gasteiger partial charge in [0.2, 0.25) is 5.91 Å².